The summed E-state index contributed by atoms with van der Waals surface area (Å²) < 4.78 is 1.85. The third-order valence-electron chi connectivity index (χ3n) is 3.21. The van der Waals surface area contributed by atoms with Gasteiger partial charge in [0.25, 0.3) is 0 Å². The lowest BCUT2D eigenvalue weighted by atomic mass is 9.95. The molecule has 96 valence electrons. The van der Waals surface area contributed by atoms with Crippen molar-refractivity contribution in [3.05, 3.63) is 52.8 Å². The van der Waals surface area contributed by atoms with E-state index >= 15 is 0 Å². The van der Waals surface area contributed by atoms with E-state index in [1.807, 2.05) is 17.9 Å². The molecule has 0 amide bonds. The molecule has 1 heterocycles. The maximum absolute atomic E-state index is 4.27. The van der Waals surface area contributed by atoms with Crippen LogP contribution in [0.4, 0.5) is 0 Å². The minimum absolute atomic E-state index is 0.226. The highest BCUT2D eigenvalue weighted by Gasteiger charge is 2.16. The Morgan fingerprint density at radius 3 is 2.72 bits per heavy atom. The van der Waals surface area contributed by atoms with Gasteiger partial charge >= 0.3 is 0 Å². The molecule has 0 aliphatic rings. The number of nitrogens with one attached hydrogen (secondary N) is 1. The van der Waals surface area contributed by atoms with E-state index in [9.17, 15) is 0 Å². The van der Waals surface area contributed by atoms with Crippen LogP contribution < -0.4 is 5.32 Å². The molecule has 0 saturated heterocycles. The first-order valence-electron chi connectivity index (χ1n) is 6.41. The molecule has 0 bridgehead atoms. The highest BCUT2D eigenvalue weighted by Crippen LogP contribution is 2.25. The second-order valence-electron chi connectivity index (χ2n) is 4.80. The van der Waals surface area contributed by atoms with Crippen molar-refractivity contribution in [1.82, 2.24) is 15.1 Å². The fourth-order valence-corrected chi connectivity index (χ4v) is 2.27. The molecule has 3 heteroatoms. The van der Waals surface area contributed by atoms with Gasteiger partial charge in [0.1, 0.15) is 0 Å². The molecule has 1 aromatic heterocycles. The van der Waals surface area contributed by atoms with Gasteiger partial charge in [-0.05, 0) is 31.5 Å². The second kappa shape index (κ2) is 5.36. The van der Waals surface area contributed by atoms with Crippen molar-refractivity contribution in [3.63, 3.8) is 0 Å². The van der Waals surface area contributed by atoms with E-state index < -0.39 is 0 Å². The average Bonchev–Trinajstić information content (AvgIpc) is 2.76. The zero-order valence-corrected chi connectivity index (χ0v) is 11.6. The van der Waals surface area contributed by atoms with Crippen LogP contribution in [0.3, 0.4) is 0 Å². The number of hydrogen-bond acceptors (Lipinski definition) is 2. The first-order valence-corrected chi connectivity index (χ1v) is 6.41. The molecule has 0 fully saturated rings. The van der Waals surface area contributed by atoms with Crippen molar-refractivity contribution >= 4 is 0 Å². The van der Waals surface area contributed by atoms with Gasteiger partial charge in [-0.2, -0.15) is 5.10 Å². The zero-order chi connectivity index (χ0) is 13.1. The molecule has 1 atom stereocenters. The Morgan fingerprint density at radius 1 is 1.33 bits per heavy atom. The van der Waals surface area contributed by atoms with Gasteiger partial charge in [0, 0.05) is 18.8 Å². The van der Waals surface area contributed by atoms with Crippen molar-refractivity contribution in [3.8, 4) is 0 Å². The van der Waals surface area contributed by atoms with Crippen LogP contribution in [-0.2, 0) is 7.05 Å². The number of rotatable bonds is 4. The highest BCUT2D eigenvalue weighted by atomic mass is 15.2. The van der Waals surface area contributed by atoms with Crippen LogP contribution in [0, 0.1) is 13.8 Å². The molecule has 0 spiro atoms. The van der Waals surface area contributed by atoms with Crippen molar-refractivity contribution in [1.29, 1.82) is 0 Å². The van der Waals surface area contributed by atoms with E-state index in [1.165, 1.54) is 22.3 Å². The lowest BCUT2D eigenvalue weighted by Crippen LogP contribution is -2.22. The SMILES string of the molecule is CCNC(c1cnn(C)c1)c1cc(C)ccc1C. The number of aromatic nitrogens is 2. The second-order valence-corrected chi connectivity index (χ2v) is 4.80. The van der Waals surface area contributed by atoms with Crippen LogP contribution in [0.15, 0.2) is 30.6 Å². The summed E-state index contributed by atoms with van der Waals surface area (Å²) in [7, 11) is 1.95. The van der Waals surface area contributed by atoms with Gasteiger partial charge in [-0.3, -0.25) is 4.68 Å². The maximum Gasteiger partial charge on any atom is 0.0610 e. The highest BCUT2D eigenvalue weighted by molar-refractivity contribution is 5.38. The molecule has 3 nitrogen and oxygen atoms in total. The molecule has 1 unspecified atom stereocenters. The minimum atomic E-state index is 0.226. The van der Waals surface area contributed by atoms with Crippen LogP contribution in [-0.4, -0.2) is 16.3 Å². The summed E-state index contributed by atoms with van der Waals surface area (Å²) >= 11 is 0. The summed E-state index contributed by atoms with van der Waals surface area (Å²) in [6, 6.07) is 6.83. The monoisotopic (exact) mass is 243 g/mol. The van der Waals surface area contributed by atoms with Crippen LogP contribution in [0.5, 0.6) is 0 Å². The van der Waals surface area contributed by atoms with E-state index in [1.54, 1.807) is 0 Å². The average molecular weight is 243 g/mol. The molecule has 0 radical (unpaired) electrons. The molecular formula is C15H21N3. The fraction of sp³-hybridized carbons (Fsp3) is 0.400. The first kappa shape index (κ1) is 12.8. The van der Waals surface area contributed by atoms with Gasteiger partial charge < -0.3 is 5.32 Å². The van der Waals surface area contributed by atoms with Crippen LogP contribution in [0.2, 0.25) is 0 Å². The number of nitrogens with zero attached hydrogens (tertiary/aromatic N) is 2. The molecule has 0 aliphatic carbocycles. The molecule has 0 aliphatic heterocycles. The lowest BCUT2D eigenvalue weighted by molar-refractivity contribution is 0.626. The molecule has 2 rings (SSSR count). The number of benzene rings is 1. The summed E-state index contributed by atoms with van der Waals surface area (Å²) in [5.41, 5.74) is 5.16. The molecule has 1 aromatic carbocycles. The fourth-order valence-electron chi connectivity index (χ4n) is 2.27. The molecule has 0 saturated carbocycles. The summed E-state index contributed by atoms with van der Waals surface area (Å²) in [4.78, 5) is 0. The van der Waals surface area contributed by atoms with E-state index in [0.29, 0.717) is 0 Å². The largest absolute Gasteiger partial charge is 0.306 e. The predicted octanol–water partition coefficient (Wildman–Crippen LogP) is 2.74. The van der Waals surface area contributed by atoms with E-state index in [4.69, 9.17) is 0 Å². The van der Waals surface area contributed by atoms with Crippen LogP contribution in [0.25, 0.3) is 0 Å². The van der Waals surface area contributed by atoms with Gasteiger partial charge in [0.15, 0.2) is 0 Å². The van der Waals surface area contributed by atoms with E-state index in [0.717, 1.165) is 6.54 Å². The van der Waals surface area contributed by atoms with Crippen molar-refractivity contribution in [2.24, 2.45) is 7.05 Å². The van der Waals surface area contributed by atoms with Crippen molar-refractivity contribution in [2.75, 3.05) is 6.54 Å². The molecule has 1 N–H and O–H groups in total. The Labute approximate surface area is 109 Å². The van der Waals surface area contributed by atoms with Gasteiger partial charge in [0.05, 0.1) is 12.2 Å². The third-order valence-corrected chi connectivity index (χ3v) is 3.21. The Morgan fingerprint density at radius 2 is 2.11 bits per heavy atom. The zero-order valence-electron chi connectivity index (χ0n) is 11.6. The van der Waals surface area contributed by atoms with Gasteiger partial charge in [-0.25, -0.2) is 0 Å². The first-order chi connectivity index (χ1) is 8.61. The Hall–Kier alpha value is -1.61. The predicted molar refractivity (Wildman–Crippen MR) is 74.6 cm³/mol. The molecule has 18 heavy (non-hydrogen) atoms. The van der Waals surface area contributed by atoms with Gasteiger partial charge in [-0.1, -0.05) is 30.7 Å². The van der Waals surface area contributed by atoms with Crippen molar-refractivity contribution in [2.45, 2.75) is 26.8 Å². The van der Waals surface area contributed by atoms with E-state index in [2.05, 4.69) is 55.6 Å². The standard InChI is InChI=1S/C15H21N3/c1-5-16-15(13-9-17-18(4)10-13)14-8-11(2)6-7-12(14)3/h6-10,15-16H,5H2,1-4H3. The minimum Gasteiger partial charge on any atom is -0.306 e. The smallest absolute Gasteiger partial charge is 0.0610 e. The molecule has 2 aromatic rings. The summed E-state index contributed by atoms with van der Waals surface area (Å²) in [5, 5.41) is 7.82. The van der Waals surface area contributed by atoms with Crippen LogP contribution >= 0.6 is 0 Å². The Kier molecular flexibility index (Phi) is 3.82. The Balaban J connectivity index is 2.44. The molecular weight excluding hydrogens is 222 g/mol. The lowest BCUT2D eigenvalue weighted by Gasteiger charge is -2.19. The summed E-state index contributed by atoms with van der Waals surface area (Å²) in [6.07, 6.45) is 4.02. The summed E-state index contributed by atoms with van der Waals surface area (Å²) in [5.74, 6) is 0. The topological polar surface area (TPSA) is 29.9 Å². The normalized spacial score (nSPS) is 12.7. The van der Waals surface area contributed by atoms with Crippen molar-refractivity contribution < 1.29 is 0 Å². The van der Waals surface area contributed by atoms with Crippen LogP contribution in [0.1, 0.15) is 35.2 Å². The summed E-state index contributed by atoms with van der Waals surface area (Å²) in [6.45, 7) is 7.37. The third kappa shape index (κ3) is 2.62. The van der Waals surface area contributed by atoms with Gasteiger partial charge in [0.2, 0.25) is 0 Å². The van der Waals surface area contributed by atoms with Gasteiger partial charge in [-0.15, -0.1) is 0 Å². The van der Waals surface area contributed by atoms with E-state index in [-0.39, 0.29) is 6.04 Å². The number of aryl methyl sites for hydroxylation is 3. The Bertz CT molecular complexity index is 528. The maximum atomic E-state index is 4.27. The number of hydrogen-bond donors (Lipinski definition) is 1. The quantitative estimate of drug-likeness (QED) is 0.895.